The predicted molar refractivity (Wildman–Crippen MR) is 118 cm³/mol. The van der Waals surface area contributed by atoms with Gasteiger partial charge in [-0.15, -0.1) is 11.3 Å². The normalized spacial score (nSPS) is 21.9. The Morgan fingerprint density at radius 1 is 1.29 bits per heavy atom. The van der Waals surface area contributed by atoms with Crippen molar-refractivity contribution < 1.29 is 13.8 Å². The summed E-state index contributed by atoms with van der Waals surface area (Å²) in [5, 5.41) is 0. The molecule has 0 aromatic carbocycles. The van der Waals surface area contributed by atoms with Gasteiger partial charge in [0.05, 0.1) is 14.6 Å². The number of hydrogen-bond donors (Lipinski definition) is 0. The van der Waals surface area contributed by atoms with Crippen LogP contribution in [0.5, 0.6) is 0 Å². The van der Waals surface area contributed by atoms with Crippen LogP contribution in [-0.2, 0) is 20.9 Å². The number of rotatable bonds is 4. The summed E-state index contributed by atoms with van der Waals surface area (Å²) in [4.78, 5) is 29.2. The molecule has 1 aliphatic heterocycles. The fourth-order valence-corrected chi connectivity index (χ4v) is 6.15. The number of carbonyl (C=O) groups excluding carboxylic acids is 2. The third-order valence-electron chi connectivity index (χ3n) is 5.54. The molecule has 2 rings (SSSR count). The van der Waals surface area contributed by atoms with E-state index in [9.17, 15) is 13.8 Å². The minimum atomic E-state index is -2.61. The number of nitrogens with zero attached hydrogens (tertiary/aromatic N) is 2. The van der Waals surface area contributed by atoms with Crippen LogP contribution in [0.25, 0.3) is 0 Å². The second-order valence-corrected chi connectivity index (χ2v) is 12.6. The van der Waals surface area contributed by atoms with Crippen molar-refractivity contribution in [1.29, 1.82) is 0 Å². The smallest absolute Gasteiger partial charge is 0.263 e. The van der Waals surface area contributed by atoms with Gasteiger partial charge in [-0.3, -0.25) is 9.59 Å². The first-order valence-electron chi connectivity index (χ1n) is 10.1. The molecule has 2 amide bonds. The number of amides is 2. The molecule has 158 valence electrons. The first-order valence-corrected chi connectivity index (χ1v) is 12.8. The summed E-state index contributed by atoms with van der Waals surface area (Å²) in [5.74, 6) is 0.0963. The average Bonchev–Trinajstić information content (AvgIpc) is 2.85. The highest BCUT2D eigenvalue weighted by atomic mass is 32.2. The van der Waals surface area contributed by atoms with Crippen LogP contribution in [-0.4, -0.2) is 45.5 Å². The maximum atomic E-state index is 13.2. The highest BCUT2D eigenvalue weighted by Crippen LogP contribution is 2.28. The van der Waals surface area contributed by atoms with Crippen LogP contribution in [0.15, 0.2) is 10.4 Å². The maximum Gasteiger partial charge on any atom is 0.263 e. The van der Waals surface area contributed by atoms with Gasteiger partial charge in [0.25, 0.3) is 11.8 Å². The van der Waals surface area contributed by atoms with E-state index in [4.69, 9.17) is 0 Å². The van der Waals surface area contributed by atoms with Gasteiger partial charge in [0, 0.05) is 35.4 Å². The molecule has 1 saturated heterocycles. The zero-order valence-electron chi connectivity index (χ0n) is 18.0. The molecule has 0 radical (unpaired) electrons. The zero-order chi connectivity index (χ0) is 21.1. The monoisotopic (exact) mass is 426 g/mol. The van der Waals surface area contributed by atoms with Gasteiger partial charge in [0.15, 0.2) is 0 Å². The molecule has 0 saturated carbocycles. The van der Waals surface area contributed by atoms with Gasteiger partial charge in [-0.05, 0) is 36.8 Å². The molecular weight excluding hydrogens is 392 g/mol. The minimum Gasteiger partial charge on any atom is -0.337 e. The van der Waals surface area contributed by atoms with Gasteiger partial charge in [-0.2, -0.15) is 4.36 Å². The maximum absolute atomic E-state index is 13.2. The number of carbonyl (C=O) groups is 2. The van der Waals surface area contributed by atoms with Gasteiger partial charge in [0.1, 0.15) is 0 Å². The number of hydrogen-bond acceptors (Lipinski definition) is 4. The van der Waals surface area contributed by atoms with Gasteiger partial charge >= 0.3 is 0 Å². The minimum absolute atomic E-state index is 0.00786. The summed E-state index contributed by atoms with van der Waals surface area (Å²) < 4.78 is 17.3. The predicted octanol–water partition coefficient (Wildman–Crippen LogP) is 4.53. The van der Waals surface area contributed by atoms with Crippen molar-refractivity contribution >= 4 is 32.9 Å². The molecule has 5 nitrogen and oxygen atoms in total. The molecule has 0 N–H and O–H groups in total. The summed E-state index contributed by atoms with van der Waals surface area (Å²) in [6.45, 7) is 12.9. The van der Waals surface area contributed by atoms with E-state index in [0.717, 1.165) is 17.7 Å². The molecule has 0 bridgehead atoms. The Labute approximate surface area is 174 Å². The SMILES string of the molecule is CCCc1cc(C(=O)N2CCCS(=O)(=NC(=O)C(C)C(C)(C)C)CC2)sc1C. The van der Waals surface area contributed by atoms with Gasteiger partial charge in [0.2, 0.25) is 0 Å². The van der Waals surface area contributed by atoms with Crippen molar-refractivity contribution in [2.24, 2.45) is 15.7 Å². The van der Waals surface area contributed by atoms with Crippen molar-refractivity contribution in [3.05, 3.63) is 21.4 Å². The third-order valence-corrected chi connectivity index (χ3v) is 8.88. The largest absolute Gasteiger partial charge is 0.337 e. The van der Waals surface area contributed by atoms with E-state index < -0.39 is 9.73 Å². The van der Waals surface area contributed by atoms with Crippen molar-refractivity contribution in [3.63, 3.8) is 0 Å². The molecule has 1 fully saturated rings. The van der Waals surface area contributed by atoms with E-state index in [1.165, 1.54) is 21.8 Å². The quantitative estimate of drug-likeness (QED) is 0.710. The van der Waals surface area contributed by atoms with Crippen molar-refractivity contribution in [2.45, 2.75) is 60.8 Å². The Morgan fingerprint density at radius 3 is 2.57 bits per heavy atom. The molecule has 7 heteroatoms. The highest BCUT2D eigenvalue weighted by molar-refractivity contribution is 7.93. The molecule has 1 aromatic rings. The van der Waals surface area contributed by atoms with Crippen LogP contribution in [0.3, 0.4) is 0 Å². The fourth-order valence-electron chi connectivity index (χ4n) is 3.15. The van der Waals surface area contributed by atoms with Crippen LogP contribution in [0.1, 0.15) is 67.6 Å². The first kappa shape index (κ1) is 23.1. The molecular formula is C21H34N2O3S2. The molecule has 2 atom stereocenters. The Hall–Kier alpha value is -1.21. The topological polar surface area (TPSA) is 66.8 Å². The van der Waals surface area contributed by atoms with Gasteiger partial charge in [-0.25, -0.2) is 4.21 Å². The fraction of sp³-hybridized carbons (Fsp3) is 0.714. The lowest BCUT2D eigenvalue weighted by Gasteiger charge is -2.24. The van der Waals surface area contributed by atoms with Crippen molar-refractivity contribution in [3.8, 4) is 0 Å². The third kappa shape index (κ3) is 5.66. The lowest BCUT2D eigenvalue weighted by atomic mass is 9.82. The summed E-state index contributed by atoms with van der Waals surface area (Å²) >= 11 is 1.54. The van der Waals surface area contributed by atoms with E-state index >= 15 is 0 Å². The van der Waals surface area contributed by atoms with E-state index in [-0.39, 0.29) is 28.9 Å². The number of thiophene rings is 1. The highest BCUT2D eigenvalue weighted by Gasteiger charge is 2.29. The number of aryl methyl sites for hydroxylation is 2. The molecule has 1 aliphatic rings. The van der Waals surface area contributed by atoms with Crippen LogP contribution < -0.4 is 0 Å². The van der Waals surface area contributed by atoms with Crippen LogP contribution in [0, 0.1) is 18.3 Å². The molecule has 0 spiro atoms. The van der Waals surface area contributed by atoms with Crippen molar-refractivity contribution in [1.82, 2.24) is 4.90 Å². The van der Waals surface area contributed by atoms with E-state index in [1.807, 2.05) is 33.8 Å². The Bertz CT molecular complexity index is 842. The summed E-state index contributed by atoms with van der Waals surface area (Å²) in [5.41, 5.74) is 1.03. The van der Waals surface area contributed by atoms with Crippen LogP contribution in [0.2, 0.25) is 0 Å². The van der Waals surface area contributed by atoms with Gasteiger partial charge in [-0.1, -0.05) is 41.0 Å². The first-order chi connectivity index (χ1) is 13.0. The molecule has 1 aromatic heterocycles. The molecule has 2 unspecified atom stereocenters. The van der Waals surface area contributed by atoms with Crippen molar-refractivity contribution in [2.75, 3.05) is 24.6 Å². The van der Waals surface area contributed by atoms with E-state index in [1.54, 1.807) is 4.90 Å². The van der Waals surface area contributed by atoms with Crippen LogP contribution in [0.4, 0.5) is 0 Å². The van der Waals surface area contributed by atoms with E-state index in [2.05, 4.69) is 18.2 Å². The van der Waals surface area contributed by atoms with E-state index in [0.29, 0.717) is 25.3 Å². The lowest BCUT2D eigenvalue weighted by molar-refractivity contribution is -0.123. The Morgan fingerprint density at radius 2 is 1.96 bits per heavy atom. The standard InChI is InChI=1S/C21H34N2O3S2/c1-7-9-17-14-18(27-16(17)3)20(25)23-10-8-12-28(26,13-11-23)22-19(24)15(2)21(4,5)6/h14-15H,7-13H2,1-6H3. The average molecular weight is 427 g/mol. The summed E-state index contributed by atoms with van der Waals surface area (Å²) in [7, 11) is -2.61. The molecule has 2 heterocycles. The van der Waals surface area contributed by atoms with Gasteiger partial charge < -0.3 is 4.90 Å². The Kier molecular flexibility index (Phi) is 7.48. The molecule has 28 heavy (non-hydrogen) atoms. The Balaban J connectivity index is 2.13. The second-order valence-electron chi connectivity index (χ2n) is 8.79. The summed E-state index contributed by atoms with van der Waals surface area (Å²) in [6.07, 6.45) is 2.65. The lowest BCUT2D eigenvalue weighted by Crippen LogP contribution is -2.33. The van der Waals surface area contributed by atoms with Crippen LogP contribution >= 0.6 is 11.3 Å². The zero-order valence-corrected chi connectivity index (χ0v) is 19.7. The molecule has 0 aliphatic carbocycles. The second kappa shape index (κ2) is 9.08. The summed E-state index contributed by atoms with van der Waals surface area (Å²) in [6, 6.07) is 2.01.